The summed E-state index contributed by atoms with van der Waals surface area (Å²) >= 11 is 4.22. The lowest BCUT2D eigenvalue weighted by molar-refractivity contribution is 0.300. The van der Waals surface area contributed by atoms with Crippen molar-refractivity contribution in [2.75, 3.05) is 12.4 Å². The Morgan fingerprint density at radius 3 is 2.00 bits per heavy atom. The zero-order valence-corrected chi connectivity index (χ0v) is 14.2. The van der Waals surface area contributed by atoms with E-state index in [4.69, 9.17) is 10.00 Å². The number of thiol groups is 1. The van der Waals surface area contributed by atoms with E-state index in [9.17, 15) is 0 Å². The maximum absolute atomic E-state index is 8.93. The van der Waals surface area contributed by atoms with Gasteiger partial charge in [-0.25, -0.2) is 0 Å². The molecule has 1 aromatic rings. The molecule has 0 atom stereocenters. The van der Waals surface area contributed by atoms with Crippen LogP contribution >= 0.6 is 12.6 Å². The second-order valence-corrected chi connectivity index (χ2v) is 6.05. The summed E-state index contributed by atoms with van der Waals surface area (Å²) in [6, 6.07) is 5.97. The van der Waals surface area contributed by atoms with Crippen molar-refractivity contribution in [1.29, 1.82) is 5.26 Å². The van der Waals surface area contributed by atoms with Crippen LogP contribution in [0.15, 0.2) is 12.1 Å². The van der Waals surface area contributed by atoms with Crippen LogP contribution in [0.5, 0.6) is 5.75 Å². The molecule has 0 N–H and O–H groups in total. The lowest BCUT2D eigenvalue weighted by atomic mass is 10.1. The molecule has 0 heterocycles. The molecule has 0 fully saturated rings. The predicted molar refractivity (Wildman–Crippen MR) is 92.3 cm³/mol. The summed E-state index contributed by atoms with van der Waals surface area (Å²) in [7, 11) is 0. The number of unbranched alkanes of at least 4 members (excludes halogenated alkanes) is 6. The average molecular weight is 305 g/mol. The molecule has 0 aromatic heterocycles. The molecule has 1 rings (SSSR count). The summed E-state index contributed by atoms with van der Waals surface area (Å²) in [5, 5.41) is 8.93. The third kappa shape index (κ3) is 6.91. The lowest BCUT2D eigenvalue weighted by Crippen LogP contribution is -2.01. The van der Waals surface area contributed by atoms with Crippen molar-refractivity contribution in [1.82, 2.24) is 0 Å². The molecule has 0 aliphatic rings. The minimum atomic E-state index is 0.707. The highest BCUT2D eigenvalue weighted by Crippen LogP contribution is 2.24. The van der Waals surface area contributed by atoms with Gasteiger partial charge in [-0.1, -0.05) is 32.1 Å². The number of rotatable bonds is 10. The molecule has 0 unspecified atom stereocenters. The van der Waals surface area contributed by atoms with Gasteiger partial charge >= 0.3 is 0 Å². The Kier molecular flexibility index (Phi) is 9.01. The SMILES string of the molecule is Cc1cc(C#N)cc(C)c1OCCCCCCCCCS. The number of hydrogen-bond acceptors (Lipinski definition) is 3. The van der Waals surface area contributed by atoms with Gasteiger partial charge in [0.05, 0.1) is 18.2 Å². The van der Waals surface area contributed by atoms with Crippen LogP contribution in [0.3, 0.4) is 0 Å². The van der Waals surface area contributed by atoms with Gasteiger partial charge in [-0.2, -0.15) is 17.9 Å². The summed E-state index contributed by atoms with van der Waals surface area (Å²) < 4.78 is 5.89. The fourth-order valence-electron chi connectivity index (χ4n) is 2.51. The Morgan fingerprint density at radius 1 is 0.952 bits per heavy atom. The van der Waals surface area contributed by atoms with Crippen LogP contribution in [0.25, 0.3) is 0 Å². The van der Waals surface area contributed by atoms with Gasteiger partial charge in [0.1, 0.15) is 5.75 Å². The van der Waals surface area contributed by atoms with Crippen LogP contribution < -0.4 is 4.74 Å². The van der Waals surface area contributed by atoms with E-state index in [1.165, 1.54) is 38.5 Å². The van der Waals surface area contributed by atoms with E-state index in [0.717, 1.165) is 35.7 Å². The standard InChI is InChI=1S/C18H27NOS/c1-15-12-17(14-19)13-16(2)18(15)20-10-8-6-4-3-5-7-9-11-21/h12-13,21H,3-11H2,1-2H3. The highest BCUT2D eigenvalue weighted by atomic mass is 32.1. The van der Waals surface area contributed by atoms with Gasteiger partial charge in [-0.15, -0.1) is 0 Å². The highest BCUT2D eigenvalue weighted by molar-refractivity contribution is 7.80. The molecule has 0 aliphatic heterocycles. The molecule has 116 valence electrons. The fraction of sp³-hybridized carbons (Fsp3) is 0.611. The van der Waals surface area contributed by atoms with Gasteiger partial charge in [0.25, 0.3) is 0 Å². The Morgan fingerprint density at radius 2 is 1.48 bits per heavy atom. The Bertz CT molecular complexity index is 442. The molecule has 0 saturated heterocycles. The average Bonchev–Trinajstić information content (AvgIpc) is 2.47. The number of aryl methyl sites for hydroxylation is 2. The monoisotopic (exact) mass is 305 g/mol. The quantitative estimate of drug-likeness (QED) is 0.475. The summed E-state index contributed by atoms with van der Waals surface area (Å²) in [6.07, 6.45) is 8.83. The first-order chi connectivity index (χ1) is 10.2. The predicted octanol–water partition coefficient (Wildman–Crippen LogP) is 5.21. The smallest absolute Gasteiger partial charge is 0.125 e. The molecule has 0 aliphatic carbocycles. The van der Waals surface area contributed by atoms with E-state index in [-0.39, 0.29) is 0 Å². The molecule has 0 saturated carbocycles. The summed E-state index contributed by atoms with van der Waals surface area (Å²) in [4.78, 5) is 0. The highest BCUT2D eigenvalue weighted by Gasteiger charge is 2.06. The fourth-order valence-corrected chi connectivity index (χ4v) is 2.74. The number of nitrogens with zero attached hydrogens (tertiary/aromatic N) is 1. The minimum absolute atomic E-state index is 0.707. The largest absolute Gasteiger partial charge is 0.493 e. The van der Waals surface area contributed by atoms with Gasteiger partial charge in [0.15, 0.2) is 0 Å². The van der Waals surface area contributed by atoms with Crippen molar-refractivity contribution in [3.05, 3.63) is 28.8 Å². The van der Waals surface area contributed by atoms with Gasteiger partial charge in [-0.05, 0) is 55.7 Å². The zero-order valence-electron chi connectivity index (χ0n) is 13.3. The van der Waals surface area contributed by atoms with Gasteiger partial charge in [-0.3, -0.25) is 0 Å². The van der Waals surface area contributed by atoms with E-state index in [0.29, 0.717) is 5.56 Å². The molecule has 21 heavy (non-hydrogen) atoms. The van der Waals surface area contributed by atoms with E-state index in [1.54, 1.807) is 0 Å². The van der Waals surface area contributed by atoms with Crippen molar-refractivity contribution < 1.29 is 4.74 Å². The number of nitriles is 1. The summed E-state index contributed by atoms with van der Waals surface area (Å²) in [6.45, 7) is 4.78. The van der Waals surface area contributed by atoms with Gasteiger partial charge < -0.3 is 4.74 Å². The Balaban J connectivity index is 2.20. The molecular weight excluding hydrogens is 278 g/mol. The molecule has 0 radical (unpaired) electrons. The Labute approximate surface area is 134 Å². The lowest BCUT2D eigenvalue weighted by Gasteiger charge is -2.12. The van der Waals surface area contributed by atoms with Gasteiger partial charge in [0.2, 0.25) is 0 Å². The number of hydrogen-bond donors (Lipinski definition) is 1. The first-order valence-electron chi connectivity index (χ1n) is 7.94. The van der Waals surface area contributed by atoms with Crippen molar-refractivity contribution in [3.8, 4) is 11.8 Å². The molecule has 0 amide bonds. The van der Waals surface area contributed by atoms with Crippen LogP contribution in [-0.2, 0) is 0 Å². The molecule has 3 heteroatoms. The zero-order chi connectivity index (χ0) is 15.5. The Hall–Kier alpha value is -1.14. The van der Waals surface area contributed by atoms with E-state index >= 15 is 0 Å². The third-order valence-electron chi connectivity index (χ3n) is 3.64. The first kappa shape index (κ1) is 17.9. The summed E-state index contributed by atoms with van der Waals surface area (Å²) in [5.41, 5.74) is 2.81. The van der Waals surface area contributed by atoms with Gasteiger partial charge in [0, 0.05) is 0 Å². The second kappa shape index (κ2) is 10.6. The molecule has 1 aromatic carbocycles. The van der Waals surface area contributed by atoms with Crippen LogP contribution in [0.4, 0.5) is 0 Å². The van der Waals surface area contributed by atoms with Crippen molar-refractivity contribution in [3.63, 3.8) is 0 Å². The van der Waals surface area contributed by atoms with E-state index in [2.05, 4.69) is 18.7 Å². The normalized spacial score (nSPS) is 10.4. The first-order valence-corrected chi connectivity index (χ1v) is 8.57. The van der Waals surface area contributed by atoms with E-state index < -0.39 is 0 Å². The number of ether oxygens (including phenoxy) is 1. The maximum Gasteiger partial charge on any atom is 0.125 e. The van der Waals surface area contributed by atoms with Crippen LogP contribution in [0.1, 0.15) is 61.6 Å². The summed E-state index contributed by atoms with van der Waals surface area (Å²) in [5.74, 6) is 1.96. The second-order valence-electron chi connectivity index (χ2n) is 5.60. The minimum Gasteiger partial charge on any atom is -0.493 e. The van der Waals surface area contributed by atoms with Crippen LogP contribution in [0.2, 0.25) is 0 Å². The van der Waals surface area contributed by atoms with E-state index in [1.807, 2.05) is 26.0 Å². The molecular formula is C18H27NOS. The topological polar surface area (TPSA) is 33.0 Å². The third-order valence-corrected chi connectivity index (χ3v) is 3.95. The molecule has 0 bridgehead atoms. The van der Waals surface area contributed by atoms with Crippen molar-refractivity contribution >= 4 is 12.6 Å². The molecule has 0 spiro atoms. The van der Waals surface area contributed by atoms with Crippen molar-refractivity contribution in [2.24, 2.45) is 0 Å². The number of benzene rings is 1. The van der Waals surface area contributed by atoms with Crippen molar-refractivity contribution in [2.45, 2.75) is 58.8 Å². The van der Waals surface area contributed by atoms with Crippen LogP contribution in [0, 0.1) is 25.2 Å². The maximum atomic E-state index is 8.93. The van der Waals surface area contributed by atoms with Crippen LogP contribution in [-0.4, -0.2) is 12.4 Å². The molecule has 2 nitrogen and oxygen atoms in total.